The lowest BCUT2D eigenvalue weighted by molar-refractivity contribution is -0.128. The standard InChI is InChI=1S/C18H24N2O4/c1-18(2,3)24-17(23)19-11-12-20-14(9-10-15(20)21)16(22)13-7-5-4-6-8-13/h4-8,14H,9-12H2,1-3H3,(H,19,23). The van der Waals surface area contributed by atoms with Crippen molar-refractivity contribution in [2.24, 2.45) is 0 Å². The van der Waals surface area contributed by atoms with Crippen LogP contribution in [-0.4, -0.2) is 47.4 Å². The molecule has 0 aromatic heterocycles. The number of likely N-dealkylation sites (tertiary alicyclic amines) is 1. The zero-order valence-electron chi connectivity index (χ0n) is 14.4. The van der Waals surface area contributed by atoms with Crippen molar-refractivity contribution < 1.29 is 19.1 Å². The summed E-state index contributed by atoms with van der Waals surface area (Å²) in [6.45, 7) is 5.89. The van der Waals surface area contributed by atoms with E-state index < -0.39 is 17.7 Å². The van der Waals surface area contributed by atoms with Crippen LogP contribution in [0.4, 0.5) is 4.79 Å². The minimum atomic E-state index is -0.570. The van der Waals surface area contributed by atoms with Crippen molar-refractivity contribution in [3.63, 3.8) is 0 Å². The van der Waals surface area contributed by atoms with E-state index in [-0.39, 0.29) is 18.2 Å². The fourth-order valence-electron chi connectivity index (χ4n) is 2.67. The van der Waals surface area contributed by atoms with Crippen LogP contribution in [0, 0.1) is 0 Å². The molecule has 1 N–H and O–H groups in total. The Morgan fingerprint density at radius 3 is 2.54 bits per heavy atom. The third-order valence-electron chi connectivity index (χ3n) is 3.71. The minimum absolute atomic E-state index is 0.0567. The van der Waals surface area contributed by atoms with E-state index in [0.717, 1.165) is 0 Å². The third-order valence-corrected chi connectivity index (χ3v) is 3.71. The zero-order valence-corrected chi connectivity index (χ0v) is 14.4. The van der Waals surface area contributed by atoms with E-state index in [9.17, 15) is 14.4 Å². The van der Waals surface area contributed by atoms with Gasteiger partial charge in [0, 0.05) is 25.1 Å². The third kappa shape index (κ3) is 4.81. The van der Waals surface area contributed by atoms with Crippen LogP contribution in [0.25, 0.3) is 0 Å². The molecule has 1 unspecified atom stereocenters. The average Bonchev–Trinajstić information content (AvgIpc) is 2.87. The first-order valence-electron chi connectivity index (χ1n) is 8.13. The molecule has 1 saturated heterocycles. The normalized spacial score (nSPS) is 17.7. The molecule has 1 aromatic rings. The number of benzene rings is 1. The Morgan fingerprint density at radius 2 is 1.92 bits per heavy atom. The van der Waals surface area contributed by atoms with E-state index in [2.05, 4.69) is 5.32 Å². The molecule has 0 bridgehead atoms. The first kappa shape index (κ1) is 18.0. The number of carbonyl (C=O) groups excluding carboxylic acids is 3. The number of nitrogens with zero attached hydrogens (tertiary/aromatic N) is 1. The lowest BCUT2D eigenvalue weighted by Gasteiger charge is -2.25. The van der Waals surface area contributed by atoms with Crippen LogP contribution in [0.15, 0.2) is 30.3 Å². The van der Waals surface area contributed by atoms with Crippen molar-refractivity contribution >= 4 is 17.8 Å². The van der Waals surface area contributed by atoms with Crippen molar-refractivity contribution in [1.82, 2.24) is 10.2 Å². The highest BCUT2D eigenvalue weighted by Crippen LogP contribution is 2.22. The Balaban J connectivity index is 1.91. The Hall–Kier alpha value is -2.37. The van der Waals surface area contributed by atoms with Gasteiger partial charge in [0.1, 0.15) is 5.60 Å². The molecule has 0 aliphatic carbocycles. The maximum atomic E-state index is 12.6. The molecule has 1 aliphatic heterocycles. The maximum absolute atomic E-state index is 12.6. The second kappa shape index (κ2) is 7.47. The molecule has 0 radical (unpaired) electrons. The van der Waals surface area contributed by atoms with Gasteiger partial charge in [0.15, 0.2) is 5.78 Å². The number of ether oxygens (including phenoxy) is 1. The molecule has 1 aromatic carbocycles. The van der Waals surface area contributed by atoms with Crippen LogP contribution in [0.3, 0.4) is 0 Å². The molecule has 0 spiro atoms. The molecule has 2 amide bonds. The molecule has 2 rings (SSSR count). The molecule has 1 atom stereocenters. The van der Waals surface area contributed by atoms with E-state index in [4.69, 9.17) is 4.74 Å². The summed E-state index contributed by atoms with van der Waals surface area (Å²) in [6.07, 6.45) is 0.342. The predicted molar refractivity (Wildman–Crippen MR) is 89.7 cm³/mol. The lowest BCUT2D eigenvalue weighted by Crippen LogP contribution is -2.44. The lowest BCUT2D eigenvalue weighted by atomic mass is 10.0. The van der Waals surface area contributed by atoms with E-state index in [0.29, 0.717) is 24.9 Å². The smallest absolute Gasteiger partial charge is 0.407 e. The van der Waals surface area contributed by atoms with E-state index in [1.54, 1.807) is 49.9 Å². The number of carbonyl (C=O) groups is 3. The quantitative estimate of drug-likeness (QED) is 0.840. The SMILES string of the molecule is CC(C)(C)OC(=O)NCCN1C(=O)CCC1C(=O)c1ccccc1. The summed E-state index contributed by atoms with van der Waals surface area (Å²) in [6, 6.07) is 8.50. The Bertz CT molecular complexity index is 607. The summed E-state index contributed by atoms with van der Waals surface area (Å²) >= 11 is 0. The molecule has 24 heavy (non-hydrogen) atoms. The molecule has 0 saturated carbocycles. The second-order valence-corrected chi connectivity index (χ2v) is 6.80. The number of nitrogens with one attached hydrogen (secondary N) is 1. The van der Waals surface area contributed by atoms with Gasteiger partial charge in [0.2, 0.25) is 5.91 Å². The molecule has 130 valence electrons. The molecule has 1 heterocycles. The first-order chi connectivity index (χ1) is 11.3. The number of amides is 2. The van der Waals surface area contributed by atoms with Gasteiger partial charge in [-0.1, -0.05) is 30.3 Å². The van der Waals surface area contributed by atoms with Crippen molar-refractivity contribution in [1.29, 1.82) is 0 Å². The highest BCUT2D eigenvalue weighted by atomic mass is 16.6. The number of Topliss-reactive ketones (excluding diaryl/α,β-unsaturated/α-hetero) is 1. The van der Waals surface area contributed by atoms with Gasteiger partial charge in [-0.05, 0) is 27.2 Å². The summed E-state index contributed by atoms with van der Waals surface area (Å²) in [5, 5.41) is 2.62. The molecule has 6 heteroatoms. The van der Waals surface area contributed by atoms with Gasteiger partial charge in [-0.3, -0.25) is 9.59 Å². The molecular weight excluding hydrogens is 308 g/mol. The fourth-order valence-corrected chi connectivity index (χ4v) is 2.67. The van der Waals surface area contributed by atoms with Gasteiger partial charge in [-0.15, -0.1) is 0 Å². The number of rotatable bonds is 5. The van der Waals surface area contributed by atoms with Crippen LogP contribution in [0.1, 0.15) is 44.0 Å². The maximum Gasteiger partial charge on any atom is 0.407 e. The number of hydrogen-bond donors (Lipinski definition) is 1. The Kier molecular flexibility index (Phi) is 5.59. The summed E-state index contributed by atoms with van der Waals surface area (Å²) in [4.78, 5) is 37.8. The first-order valence-corrected chi connectivity index (χ1v) is 8.13. The van der Waals surface area contributed by atoms with Crippen molar-refractivity contribution in [3.05, 3.63) is 35.9 Å². The van der Waals surface area contributed by atoms with Gasteiger partial charge in [-0.2, -0.15) is 0 Å². The van der Waals surface area contributed by atoms with Gasteiger partial charge in [-0.25, -0.2) is 4.79 Å². The monoisotopic (exact) mass is 332 g/mol. The summed E-state index contributed by atoms with van der Waals surface area (Å²) in [7, 11) is 0. The van der Waals surface area contributed by atoms with Gasteiger partial charge in [0.05, 0.1) is 6.04 Å². The Morgan fingerprint density at radius 1 is 1.25 bits per heavy atom. The summed E-state index contributed by atoms with van der Waals surface area (Å²) < 4.78 is 5.15. The minimum Gasteiger partial charge on any atom is -0.444 e. The van der Waals surface area contributed by atoms with E-state index in [1.807, 2.05) is 6.07 Å². The summed E-state index contributed by atoms with van der Waals surface area (Å²) in [5.74, 6) is -0.117. The van der Waals surface area contributed by atoms with Crippen LogP contribution < -0.4 is 5.32 Å². The molecule has 1 aliphatic rings. The average molecular weight is 332 g/mol. The fraction of sp³-hybridized carbons (Fsp3) is 0.500. The Labute approximate surface area is 142 Å². The molecule has 6 nitrogen and oxygen atoms in total. The molecular formula is C18H24N2O4. The van der Waals surface area contributed by atoms with E-state index in [1.165, 1.54) is 0 Å². The van der Waals surface area contributed by atoms with Crippen molar-refractivity contribution in [2.75, 3.05) is 13.1 Å². The number of ketones is 1. The van der Waals surface area contributed by atoms with Gasteiger partial charge >= 0.3 is 6.09 Å². The second-order valence-electron chi connectivity index (χ2n) is 6.80. The highest BCUT2D eigenvalue weighted by Gasteiger charge is 2.35. The van der Waals surface area contributed by atoms with Crippen molar-refractivity contribution in [2.45, 2.75) is 45.3 Å². The largest absolute Gasteiger partial charge is 0.444 e. The topological polar surface area (TPSA) is 75.7 Å². The van der Waals surface area contributed by atoms with Crippen LogP contribution >= 0.6 is 0 Å². The number of hydrogen-bond acceptors (Lipinski definition) is 4. The van der Waals surface area contributed by atoms with Crippen LogP contribution in [0.5, 0.6) is 0 Å². The highest BCUT2D eigenvalue weighted by molar-refractivity contribution is 6.03. The van der Waals surface area contributed by atoms with Gasteiger partial charge < -0.3 is 15.0 Å². The van der Waals surface area contributed by atoms with Crippen molar-refractivity contribution in [3.8, 4) is 0 Å². The van der Waals surface area contributed by atoms with E-state index >= 15 is 0 Å². The summed E-state index contributed by atoms with van der Waals surface area (Å²) in [5.41, 5.74) is 0.0293. The zero-order chi connectivity index (χ0) is 17.7. The number of alkyl carbamates (subject to hydrolysis) is 1. The predicted octanol–water partition coefficient (Wildman–Crippen LogP) is 2.39. The van der Waals surface area contributed by atoms with Crippen LogP contribution in [-0.2, 0) is 9.53 Å². The van der Waals surface area contributed by atoms with Gasteiger partial charge in [0.25, 0.3) is 0 Å². The molecule has 1 fully saturated rings. The van der Waals surface area contributed by atoms with Crippen LogP contribution in [0.2, 0.25) is 0 Å².